The number of non-ortho nitro benzene ring substituents is 1. The normalized spacial score (nSPS) is 37.9. The van der Waals surface area contributed by atoms with Gasteiger partial charge in [0.2, 0.25) is 5.52 Å². The van der Waals surface area contributed by atoms with Gasteiger partial charge in [-0.1, -0.05) is 66.5 Å². The lowest BCUT2D eigenvalue weighted by Crippen LogP contribution is -2.67. The highest BCUT2D eigenvalue weighted by Crippen LogP contribution is 2.76. The van der Waals surface area contributed by atoms with Crippen LogP contribution in [0.15, 0.2) is 28.4 Å². The molecule has 12 nitrogen and oxygen atoms in total. The first-order valence-corrected chi connectivity index (χ1v) is 20.3. The van der Waals surface area contributed by atoms with E-state index in [1.165, 1.54) is 11.6 Å². The molecule has 0 spiro atoms. The van der Waals surface area contributed by atoms with Crippen LogP contribution in [0.1, 0.15) is 132 Å². The number of hydrogen-bond donors (Lipinski definition) is 3. The monoisotopic (exact) mass is 748 g/mol. The second-order valence-electron chi connectivity index (χ2n) is 19.8. The van der Waals surface area contributed by atoms with Crippen LogP contribution in [-0.2, 0) is 14.3 Å². The van der Waals surface area contributed by atoms with Crippen molar-refractivity contribution < 1.29 is 34.1 Å². The molecule has 296 valence electrons. The number of esters is 1. The zero-order valence-electron chi connectivity index (χ0n) is 33.2. The van der Waals surface area contributed by atoms with E-state index in [-0.39, 0.29) is 57.1 Å². The van der Waals surface area contributed by atoms with Gasteiger partial charge in [-0.15, -0.1) is 0 Å². The van der Waals surface area contributed by atoms with E-state index in [0.29, 0.717) is 36.5 Å². The van der Waals surface area contributed by atoms with Crippen LogP contribution in [0, 0.1) is 60.4 Å². The number of carbonyl (C=O) groups is 2. The molecule has 0 radical (unpaired) electrons. The number of aliphatic hydroxyl groups excluding tert-OH is 1. The molecule has 2 aromatic rings. The summed E-state index contributed by atoms with van der Waals surface area (Å²) in [7, 11) is 0. The quantitative estimate of drug-likeness (QED) is 0.0695. The van der Waals surface area contributed by atoms with Crippen LogP contribution in [-0.4, -0.2) is 56.1 Å². The first-order valence-electron chi connectivity index (χ1n) is 20.3. The molecule has 5 aliphatic carbocycles. The van der Waals surface area contributed by atoms with E-state index < -0.39 is 33.9 Å². The molecule has 0 amide bonds. The number of hydrogen-bond acceptors (Lipinski definition) is 10. The van der Waals surface area contributed by atoms with Crippen LogP contribution >= 0.6 is 0 Å². The number of nitro groups is 1. The Hall–Kier alpha value is -3.54. The molecular formula is C42H60N4O8. The minimum absolute atomic E-state index is 0.0417. The third kappa shape index (κ3) is 5.86. The number of aliphatic carboxylic acids is 1. The van der Waals surface area contributed by atoms with Crippen molar-refractivity contribution in [2.45, 2.75) is 144 Å². The molecule has 7 rings (SSSR count). The van der Waals surface area contributed by atoms with E-state index >= 15 is 0 Å². The SMILES string of the molecule is CC1(C)CC[C@]2(C(=O)O)CC[C@]3(C)C(=CC[C@@H]4[C@@]5(C)C[C@@H](OC(=O)CCCCCNc6ccc([N+](=O)[O-])c7nonc67)[C@H](O)C(C)(C)[C@@H]5CC[C@]43C)[C@@H]2C1. The highest BCUT2D eigenvalue weighted by Gasteiger charge is 2.70. The highest BCUT2D eigenvalue weighted by atomic mass is 16.6. The number of rotatable bonds is 10. The number of aromatic nitrogens is 2. The average Bonchev–Trinajstić information content (AvgIpc) is 3.59. The molecule has 1 aromatic carbocycles. The van der Waals surface area contributed by atoms with Crippen molar-refractivity contribution in [2.24, 2.45) is 50.2 Å². The summed E-state index contributed by atoms with van der Waals surface area (Å²) in [5, 5.41) is 44.5. The number of carboxylic acid groups (broad SMARTS) is 1. The Kier molecular flexibility index (Phi) is 9.54. The third-order valence-electron chi connectivity index (χ3n) is 16.2. The van der Waals surface area contributed by atoms with E-state index in [0.717, 1.165) is 64.2 Å². The lowest BCUT2D eigenvalue weighted by Gasteiger charge is -2.71. The number of nitrogens with zero attached hydrogens (tertiary/aromatic N) is 3. The van der Waals surface area contributed by atoms with Crippen molar-refractivity contribution in [2.75, 3.05) is 11.9 Å². The molecule has 1 heterocycles. The second kappa shape index (κ2) is 13.3. The predicted octanol–water partition coefficient (Wildman–Crippen LogP) is 8.87. The molecule has 5 aliphatic rings. The van der Waals surface area contributed by atoms with Crippen LogP contribution in [0.5, 0.6) is 0 Å². The number of nitro benzene ring substituents is 1. The second-order valence-corrected chi connectivity index (χ2v) is 19.8. The number of unbranched alkanes of at least 4 members (excludes halogenated alkanes) is 2. The maximum absolute atomic E-state index is 13.4. The fourth-order valence-electron chi connectivity index (χ4n) is 13.0. The zero-order valence-corrected chi connectivity index (χ0v) is 33.2. The van der Waals surface area contributed by atoms with Gasteiger partial charge in [0.15, 0.2) is 5.52 Å². The largest absolute Gasteiger partial charge is 0.481 e. The van der Waals surface area contributed by atoms with Gasteiger partial charge in [-0.05, 0) is 132 Å². The van der Waals surface area contributed by atoms with E-state index in [1.54, 1.807) is 6.07 Å². The van der Waals surface area contributed by atoms with Crippen molar-refractivity contribution in [1.82, 2.24) is 10.3 Å². The van der Waals surface area contributed by atoms with Crippen LogP contribution in [0.2, 0.25) is 0 Å². The topological polar surface area (TPSA) is 178 Å². The fourth-order valence-corrected chi connectivity index (χ4v) is 13.0. The Morgan fingerprint density at radius 1 is 0.963 bits per heavy atom. The van der Waals surface area contributed by atoms with Crippen LogP contribution in [0.25, 0.3) is 11.0 Å². The molecule has 3 N–H and O–H groups in total. The predicted molar refractivity (Wildman–Crippen MR) is 203 cm³/mol. The number of carbonyl (C=O) groups excluding carboxylic acids is 1. The Bertz CT molecular complexity index is 1850. The van der Waals surface area contributed by atoms with Crippen molar-refractivity contribution in [1.29, 1.82) is 0 Å². The van der Waals surface area contributed by atoms with Gasteiger partial charge in [0.25, 0.3) is 0 Å². The molecular weight excluding hydrogens is 688 g/mol. The molecule has 0 unspecified atom stereocenters. The fraction of sp³-hybridized carbons (Fsp3) is 0.762. The van der Waals surface area contributed by atoms with Crippen molar-refractivity contribution >= 4 is 34.3 Å². The molecule has 9 atom stereocenters. The van der Waals surface area contributed by atoms with Gasteiger partial charge in [-0.25, -0.2) is 4.63 Å². The number of benzene rings is 1. The Morgan fingerprint density at radius 3 is 2.41 bits per heavy atom. The molecule has 12 heteroatoms. The van der Waals surface area contributed by atoms with Crippen LogP contribution < -0.4 is 5.32 Å². The van der Waals surface area contributed by atoms with Gasteiger partial charge >= 0.3 is 17.6 Å². The van der Waals surface area contributed by atoms with Gasteiger partial charge in [-0.2, -0.15) is 0 Å². The summed E-state index contributed by atoms with van der Waals surface area (Å²) in [4.78, 5) is 37.2. The number of anilines is 1. The molecule has 4 saturated carbocycles. The summed E-state index contributed by atoms with van der Waals surface area (Å²) in [6, 6.07) is 2.97. The summed E-state index contributed by atoms with van der Waals surface area (Å²) >= 11 is 0. The number of carboxylic acids is 1. The van der Waals surface area contributed by atoms with Crippen molar-refractivity contribution in [3.63, 3.8) is 0 Å². The summed E-state index contributed by atoms with van der Waals surface area (Å²) < 4.78 is 11.0. The molecule has 54 heavy (non-hydrogen) atoms. The van der Waals surface area contributed by atoms with Crippen LogP contribution in [0.4, 0.5) is 11.4 Å². The average molecular weight is 749 g/mol. The summed E-state index contributed by atoms with van der Waals surface area (Å²) in [6.07, 6.45) is 11.3. The molecule has 0 saturated heterocycles. The standard InChI is InChI=1S/C42H60N4O8/c1-37(2)18-20-42(36(49)50)21-19-40(6)25(26(42)23-37)12-15-31-39(5)24-29(35(48)38(3,4)30(39)16-17-41(31,40)7)53-32(47)11-9-8-10-22-43-27-13-14-28(46(51)52)34-33(27)44-54-45-34/h12-14,26,29-31,35,43,48H,8-11,15-24H2,1-7H3,(H,49,50)/t26-,29+,30-,31+,35-,39-,40+,41+,42-/m0/s1. The Balaban J connectivity index is 1.02. The lowest BCUT2D eigenvalue weighted by atomic mass is 9.33. The van der Waals surface area contributed by atoms with Crippen molar-refractivity contribution in [3.8, 4) is 0 Å². The number of aliphatic hydroxyl groups is 1. The minimum atomic E-state index is -0.766. The first-order chi connectivity index (χ1) is 25.3. The number of nitrogens with one attached hydrogen (secondary N) is 1. The molecule has 1 aromatic heterocycles. The maximum Gasteiger partial charge on any atom is 0.310 e. The summed E-state index contributed by atoms with van der Waals surface area (Å²) in [5.41, 5.74) is 0.905. The van der Waals surface area contributed by atoms with Crippen LogP contribution in [0.3, 0.4) is 0 Å². The summed E-state index contributed by atoms with van der Waals surface area (Å²) in [5.74, 6) is -0.272. The van der Waals surface area contributed by atoms with Crippen molar-refractivity contribution in [3.05, 3.63) is 33.9 Å². The lowest BCUT2D eigenvalue weighted by molar-refractivity contribution is -0.383. The number of allylic oxidation sites excluding steroid dienone is 2. The van der Waals surface area contributed by atoms with E-state index in [2.05, 4.69) is 70.2 Å². The molecule has 0 bridgehead atoms. The maximum atomic E-state index is 13.4. The Morgan fingerprint density at radius 2 is 1.69 bits per heavy atom. The third-order valence-corrected chi connectivity index (χ3v) is 16.2. The zero-order chi connectivity index (χ0) is 39.1. The van der Waals surface area contributed by atoms with Gasteiger partial charge in [-0.3, -0.25) is 19.7 Å². The van der Waals surface area contributed by atoms with E-state index in [4.69, 9.17) is 9.37 Å². The van der Waals surface area contributed by atoms with Gasteiger partial charge in [0.1, 0.15) is 6.10 Å². The van der Waals surface area contributed by atoms with E-state index in [1.807, 2.05) is 0 Å². The smallest absolute Gasteiger partial charge is 0.310 e. The number of ether oxygens (including phenoxy) is 1. The van der Waals surface area contributed by atoms with E-state index in [9.17, 15) is 29.9 Å². The molecule has 0 aliphatic heterocycles. The minimum Gasteiger partial charge on any atom is -0.481 e. The molecule has 4 fully saturated rings. The summed E-state index contributed by atoms with van der Waals surface area (Å²) in [6.45, 7) is 16.8. The first kappa shape index (κ1) is 38.7. The number of fused-ring (bicyclic) bond motifs is 8. The van der Waals surface area contributed by atoms with Gasteiger partial charge in [0, 0.05) is 19.0 Å². The Labute approximate surface area is 318 Å². The van der Waals surface area contributed by atoms with Gasteiger partial charge in [0.05, 0.1) is 22.1 Å². The van der Waals surface area contributed by atoms with Gasteiger partial charge < -0.3 is 20.3 Å². The highest BCUT2D eigenvalue weighted by molar-refractivity contribution is 5.93.